The van der Waals surface area contributed by atoms with E-state index in [0.29, 0.717) is 4.75 Å². The van der Waals surface area contributed by atoms with Crippen molar-refractivity contribution in [2.24, 2.45) is 0 Å². The minimum Gasteiger partial charge on any atom is -0.317 e. The second kappa shape index (κ2) is 2.25. The summed E-state index contributed by atoms with van der Waals surface area (Å²) in [6, 6.07) is 0. The fourth-order valence-corrected chi connectivity index (χ4v) is 1.46. The van der Waals surface area contributed by atoms with E-state index < -0.39 is 0 Å². The van der Waals surface area contributed by atoms with E-state index in [1.807, 2.05) is 11.8 Å². The van der Waals surface area contributed by atoms with E-state index in [-0.39, 0.29) is 0 Å². The lowest BCUT2D eigenvalue weighted by atomic mass is 10.4. The number of hydroxylamine groups is 1. The van der Waals surface area contributed by atoms with E-state index in [1.165, 1.54) is 12.8 Å². The molecule has 8 heavy (non-hydrogen) atoms. The maximum Gasteiger partial charge on any atom is 0.0354 e. The Morgan fingerprint density at radius 3 is 2.50 bits per heavy atom. The van der Waals surface area contributed by atoms with Gasteiger partial charge in [-0.15, -0.1) is 0 Å². The molecule has 2 nitrogen and oxygen atoms in total. The van der Waals surface area contributed by atoms with Crippen molar-refractivity contribution in [3.8, 4) is 0 Å². The van der Waals surface area contributed by atoms with E-state index in [9.17, 15) is 0 Å². The van der Waals surface area contributed by atoms with Crippen LogP contribution in [-0.2, 0) is 0 Å². The quantitative estimate of drug-likeness (QED) is 0.560. The minimum absolute atomic E-state index is 0.398. The fraction of sp³-hybridized carbons (Fsp3) is 1.00. The molecule has 0 spiro atoms. The van der Waals surface area contributed by atoms with Crippen LogP contribution in [0.2, 0.25) is 0 Å². The molecule has 0 aromatic carbocycles. The minimum atomic E-state index is 0.398. The van der Waals surface area contributed by atoms with Gasteiger partial charge in [-0.2, -0.15) is 11.8 Å². The van der Waals surface area contributed by atoms with Crippen molar-refractivity contribution in [1.82, 2.24) is 5.48 Å². The molecule has 0 radical (unpaired) electrons. The summed E-state index contributed by atoms with van der Waals surface area (Å²) in [6.45, 7) is 0.744. The molecule has 1 fully saturated rings. The van der Waals surface area contributed by atoms with Gasteiger partial charge in [0.15, 0.2) is 0 Å². The molecule has 0 amide bonds. The Balaban J connectivity index is 2.20. The summed E-state index contributed by atoms with van der Waals surface area (Å²) in [7, 11) is 0. The Morgan fingerprint density at radius 2 is 2.38 bits per heavy atom. The maximum atomic E-state index is 8.31. The molecule has 1 rings (SSSR count). The van der Waals surface area contributed by atoms with Gasteiger partial charge in [0.2, 0.25) is 0 Å². The Bertz CT molecular complexity index is 82.5. The first-order valence-corrected chi connectivity index (χ1v) is 3.97. The highest BCUT2D eigenvalue weighted by atomic mass is 32.2. The van der Waals surface area contributed by atoms with Crippen molar-refractivity contribution in [2.75, 3.05) is 12.8 Å². The predicted octanol–water partition coefficient (Wildman–Crippen LogP) is 0.861. The van der Waals surface area contributed by atoms with Gasteiger partial charge in [-0.25, -0.2) is 5.48 Å². The van der Waals surface area contributed by atoms with Crippen LogP contribution in [-0.4, -0.2) is 22.8 Å². The molecule has 0 atom stereocenters. The van der Waals surface area contributed by atoms with Crippen LogP contribution in [0.1, 0.15) is 12.8 Å². The smallest absolute Gasteiger partial charge is 0.0354 e. The number of rotatable bonds is 3. The number of hydrogen-bond acceptors (Lipinski definition) is 3. The van der Waals surface area contributed by atoms with Crippen molar-refractivity contribution in [3.63, 3.8) is 0 Å². The lowest BCUT2D eigenvalue weighted by molar-refractivity contribution is 0.165. The standard InChI is InChI=1S/C5H11NOS/c1-8-5(2-3-5)4-6-7/h6-7H,2-4H2,1H3. The van der Waals surface area contributed by atoms with Gasteiger partial charge in [-0.1, -0.05) is 0 Å². The summed E-state index contributed by atoms with van der Waals surface area (Å²) in [6.07, 6.45) is 4.59. The van der Waals surface area contributed by atoms with Crippen LogP contribution in [0.25, 0.3) is 0 Å². The van der Waals surface area contributed by atoms with Crippen molar-refractivity contribution in [3.05, 3.63) is 0 Å². The molecule has 1 saturated carbocycles. The van der Waals surface area contributed by atoms with Crippen molar-refractivity contribution >= 4 is 11.8 Å². The molecule has 1 aliphatic rings. The van der Waals surface area contributed by atoms with Crippen LogP contribution in [0.15, 0.2) is 0 Å². The average Bonchev–Trinajstić information content (AvgIpc) is 2.50. The van der Waals surface area contributed by atoms with Crippen LogP contribution in [0.3, 0.4) is 0 Å². The molecule has 0 unspecified atom stereocenters. The molecular formula is C5H11NOS. The molecule has 3 heteroatoms. The molecule has 48 valence electrons. The summed E-state index contributed by atoms with van der Waals surface area (Å²) in [5.74, 6) is 0. The third-order valence-electron chi connectivity index (χ3n) is 1.64. The topological polar surface area (TPSA) is 32.3 Å². The molecule has 0 saturated heterocycles. The zero-order chi connectivity index (χ0) is 6.04. The molecule has 0 heterocycles. The highest BCUT2D eigenvalue weighted by molar-refractivity contribution is 8.00. The number of thioether (sulfide) groups is 1. The third-order valence-corrected chi connectivity index (χ3v) is 3.06. The SMILES string of the molecule is CSC1(CNO)CC1. The van der Waals surface area contributed by atoms with E-state index in [1.54, 1.807) is 0 Å². The second-order valence-corrected chi connectivity index (χ2v) is 3.50. The van der Waals surface area contributed by atoms with Crippen molar-refractivity contribution in [2.45, 2.75) is 17.6 Å². The summed E-state index contributed by atoms with van der Waals surface area (Å²) >= 11 is 1.84. The third kappa shape index (κ3) is 1.16. The van der Waals surface area contributed by atoms with Gasteiger partial charge < -0.3 is 5.21 Å². The van der Waals surface area contributed by atoms with Gasteiger partial charge in [0.05, 0.1) is 0 Å². The Morgan fingerprint density at radius 1 is 1.75 bits per heavy atom. The highest BCUT2D eigenvalue weighted by Crippen LogP contribution is 2.46. The van der Waals surface area contributed by atoms with E-state index in [4.69, 9.17) is 5.21 Å². The van der Waals surface area contributed by atoms with Crippen LogP contribution in [0.5, 0.6) is 0 Å². The Kier molecular flexibility index (Phi) is 1.80. The lowest BCUT2D eigenvalue weighted by Gasteiger charge is -2.07. The Hall–Kier alpha value is 0.270. The number of hydrogen-bond donors (Lipinski definition) is 2. The fourth-order valence-electron chi connectivity index (χ4n) is 0.737. The van der Waals surface area contributed by atoms with E-state index in [0.717, 1.165) is 6.54 Å². The van der Waals surface area contributed by atoms with Gasteiger partial charge >= 0.3 is 0 Å². The van der Waals surface area contributed by atoms with Crippen LogP contribution >= 0.6 is 11.8 Å². The summed E-state index contributed by atoms with van der Waals surface area (Å²) in [5, 5.41) is 8.31. The molecule has 0 aromatic rings. The molecule has 0 aliphatic heterocycles. The maximum absolute atomic E-state index is 8.31. The molecule has 1 aliphatic carbocycles. The summed E-state index contributed by atoms with van der Waals surface area (Å²) in [4.78, 5) is 0. The summed E-state index contributed by atoms with van der Waals surface area (Å²) < 4.78 is 0.398. The first-order valence-electron chi connectivity index (χ1n) is 2.75. The van der Waals surface area contributed by atoms with Crippen LogP contribution in [0.4, 0.5) is 0 Å². The largest absolute Gasteiger partial charge is 0.317 e. The molecule has 2 N–H and O–H groups in total. The van der Waals surface area contributed by atoms with E-state index >= 15 is 0 Å². The van der Waals surface area contributed by atoms with Gasteiger partial charge in [0, 0.05) is 11.3 Å². The lowest BCUT2D eigenvalue weighted by Crippen LogP contribution is -2.22. The first kappa shape index (κ1) is 6.39. The zero-order valence-electron chi connectivity index (χ0n) is 4.98. The van der Waals surface area contributed by atoms with Gasteiger partial charge in [0.25, 0.3) is 0 Å². The molecule has 0 bridgehead atoms. The van der Waals surface area contributed by atoms with Crippen LogP contribution < -0.4 is 5.48 Å². The molecule has 0 aromatic heterocycles. The number of nitrogens with one attached hydrogen (secondary N) is 1. The van der Waals surface area contributed by atoms with Gasteiger partial charge in [0.1, 0.15) is 0 Å². The van der Waals surface area contributed by atoms with Crippen molar-refractivity contribution in [1.29, 1.82) is 0 Å². The highest BCUT2D eigenvalue weighted by Gasteiger charge is 2.41. The van der Waals surface area contributed by atoms with E-state index in [2.05, 4.69) is 11.7 Å². The normalized spacial score (nSPS) is 23.2. The van der Waals surface area contributed by atoms with Crippen LogP contribution in [0, 0.1) is 0 Å². The summed E-state index contributed by atoms with van der Waals surface area (Å²) in [5.41, 5.74) is 2.20. The predicted molar refractivity (Wildman–Crippen MR) is 35.3 cm³/mol. The van der Waals surface area contributed by atoms with Gasteiger partial charge in [-0.3, -0.25) is 0 Å². The average molecular weight is 133 g/mol. The monoisotopic (exact) mass is 133 g/mol. The first-order chi connectivity index (χ1) is 3.83. The van der Waals surface area contributed by atoms with Gasteiger partial charge in [-0.05, 0) is 19.1 Å². The second-order valence-electron chi connectivity index (χ2n) is 2.22. The zero-order valence-corrected chi connectivity index (χ0v) is 5.79. The van der Waals surface area contributed by atoms with Crippen molar-refractivity contribution < 1.29 is 5.21 Å². The Labute approximate surface area is 53.6 Å². The molecular weight excluding hydrogens is 122 g/mol.